The van der Waals surface area contributed by atoms with Crippen molar-refractivity contribution in [2.75, 3.05) is 0 Å². The Morgan fingerprint density at radius 2 is 1.92 bits per heavy atom. The molecule has 1 atom stereocenters. The largest absolute Gasteiger partial charge is 0.346 e. The number of carbonyl (C=O) groups is 3. The maximum atomic E-state index is 11.3. The molecule has 2 aliphatic rings. The van der Waals surface area contributed by atoms with E-state index in [0.29, 0.717) is 11.1 Å². The Balaban J connectivity index is 2.48. The Labute approximate surface area is 74.2 Å². The highest BCUT2D eigenvalue weighted by molar-refractivity contribution is 6.18. The summed E-state index contributed by atoms with van der Waals surface area (Å²) in [5.41, 5.74) is 0.728. The van der Waals surface area contributed by atoms with Gasteiger partial charge in [-0.1, -0.05) is 0 Å². The Morgan fingerprint density at radius 1 is 1.23 bits per heavy atom. The lowest BCUT2D eigenvalue weighted by Gasteiger charge is -2.13. The van der Waals surface area contributed by atoms with Crippen LogP contribution in [0.2, 0.25) is 0 Å². The van der Waals surface area contributed by atoms with Gasteiger partial charge in [0.25, 0.3) is 5.91 Å². The Kier molecular flexibility index (Phi) is 1.48. The van der Waals surface area contributed by atoms with Crippen LogP contribution in [-0.2, 0) is 14.4 Å². The van der Waals surface area contributed by atoms with E-state index < -0.39 is 11.8 Å². The van der Waals surface area contributed by atoms with Gasteiger partial charge >= 0.3 is 0 Å². The molecule has 0 aliphatic carbocycles. The topological polar surface area (TPSA) is 75.3 Å². The molecule has 13 heavy (non-hydrogen) atoms. The molecule has 0 radical (unpaired) electrons. The highest BCUT2D eigenvalue weighted by atomic mass is 16.2. The standard InChI is InChI=1S/C8H8N2O3/c1-3-6-4(7(12)9-3)2-5(11)10-8(6)13/h3H,2H2,1H3,(H,9,12)(H,10,11,13). The first-order chi connectivity index (χ1) is 6.09. The lowest BCUT2D eigenvalue weighted by molar-refractivity contribution is -0.130. The summed E-state index contributed by atoms with van der Waals surface area (Å²) in [5, 5.41) is 4.76. The molecule has 2 N–H and O–H groups in total. The van der Waals surface area contributed by atoms with E-state index in [4.69, 9.17) is 0 Å². The average molecular weight is 180 g/mol. The van der Waals surface area contributed by atoms with Gasteiger partial charge in [0.2, 0.25) is 11.8 Å². The fourth-order valence-electron chi connectivity index (χ4n) is 1.65. The van der Waals surface area contributed by atoms with Crippen LogP contribution in [0.4, 0.5) is 0 Å². The van der Waals surface area contributed by atoms with E-state index in [0.717, 1.165) is 0 Å². The summed E-state index contributed by atoms with van der Waals surface area (Å²) < 4.78 is 0. The predicted molar refractivity (Wildman–Crippen MR) is 42.4 cm³/mol. The number of imide groups is 1. The maximum Gasteiger partial charge on any atom is 0.256 e. The molecule has 3 amide bonds. The van der Waals surface area contributed by atoms with Gasteiger partial charge in [-0.3, -0.25) is 19.7 Å². The molecule has 2 rings (SSSR count). The van der Waals surface area contributed by atoms with Crippen molar-refractivity contribution in [2.24, 2.45) is 0 Å². The number of amides is 3. The van der Waals surface area contributed by atoms with Crippen LogP contribution in [0.5, 0.6) is 0 Å². The zero-order valence-corrected chi connectivity index (χ0v) is 7.01. The van der Waals surface area contributed by atoms with Crippen molar-refractivity contribution in [1.82, 2.24) is 10.6 Å². The fourth-order valence-corrected chi connectivity index (χ4v) is 1.65. The first-order valence-corrected chi connectivity index (χ1v) is 3.97. The molecule has 5 nitrogen and oxygen atoms in total. The van der Waals surface area contributed by atoms with E-state index >= 15 is 0 Å². The van der Waals surface area contributed by atoms with Crippen LogP contribution >= 0.6 is 0 Å². The molecule has 0 saturated carbocycles. The zero-order chi connectivity index (χ0) is 9.59. The number of rotatable bonds is 0. The van der Waals surface area contributed by atoms with Gasteiger partial charge in [0, 0.05) is 11.1 Å². The molecular weight excluding hydrogens is 172 g/mol. The Hall–Kier alpha value is -1.65. The van der Waals surface area contributed by atoms with Crippen molar-refractivity contribution in [1.29, 1.82) is 0 Å². The van der Waals surface area contributed by atoms with Crippen LogP contribution in [0.3, 0.4) is 0 Å². The maximum absolute atomic E-state index is 11.3. The second-order valence-electron chi connectivity index (χ2n) is 3.14. The third-order valence-electron chi connectivity index (χ3n) is 2.21. The highest BCUT2D eigenvalue weighted by Crippen LogP contribution is 2.23. The number of hydrogen-bond acceptors (Lipinski definition) is 3. The summed E-state index contributed by atoms with van der Waals surface area (Å²) in [7, 11) is 0. The van der Waals surface area contributed by atoms with Gasteiger partial charge < -0.3 is 5.32 Å². The van der Waals surface area contributed by atoms with Gasteiger partial charge in [0.1, 0.15) is 0 Å². The molecule has 2 aliphatic heterocycles. The normalized spacial score (nSPS) is 27.2. The van der Waals surface area contributed by atoms with E-state index in [9.17, 15) is 14.4 Å². The van der Waals surface area contributed by atoms with E-state index in [1.807, 2.05) is 0 Å². The average Bonchev–Trinajstić information content (AvgIpc) is 2.27. The highest BCUT2D eigenvalue weighted by Gasteiger charge is 2.37. The van der Waals surface area contributed by atoms with Gasteiger partial charge in [-0.25, -0.2) is 0 Å². The SMILES string of the molecule is CC1NC(=O)C2=C1C(=O)NC(=O)C2. The lowest BCUT2D eigenvalue weighted by Crippen LogP contribution is -2.38. The minimum Gasteiger partial charge on any atom is -0.346 e. The van der Waals surface area contributed by atoms with Crippen LogP contribution < -0.4 is 10.6 Å². The smallest absolute Gasteiger partial charge is 0.256 e. The minimum atomic E-state index is -0.447. The van der Waals surface area contributed by atoms with Crippen LogP contribution in [0.15, 0.2) is 11.1 Å². The second-order valence-corrected chi connectivity index (χ2v) is 3.14. The van der Waals surface area contributed by atoms with Crippen molar-refractivity contribution in [3.8, 4) is 0 Å². The van der Waals surface area contributed by atoms with Gasteiger partial charge in [-0.05, 0) is 6.92 Å². The third-order valence-corrected chi connectivity index (χ3v) is 2.21. The molecule has 0 aromatic carbocycles. The summed E-state index contributed by atoms with van der Waals surface area (Å²) in [6.07, 6.45) is 0.0112. The van der Waals surface area contributed by atoms with E-state index in [1.54, 1.807) is 6.92 Å². The van der Waals surface area contributed by atoms with E-state index in [-0.39, 0.29) is 18.4 Å². The summed E-state index contributed by atoms with van der Waals surface area (Å²) in [6, 6.07) is -0.282. The van der Waals surface area contributed by atoms with Crippen LogP contribution in [0, 0.1) is 0 Å². The minimum absolute atomic E-state index is 0.0112. The molecular formula is C8H8N2O3. The van der Waals surface area contributed by atoms with Crippen LogP contribution in [0.1, 0.15) is 13.3 Å². The zero-order valence-electron chi connectivity index (χ0n) is 7.01. The number of nitrogens with one attached hydrogen (secondary N) is 2. The van der Waals surface area contributed by atoms with Crippen LogP contribution in [0.25, 0.3) is 0 Å². The molecule has 2 heterocycles. The van der Waals surface area contributed by atoms with Gasteiger partial charge in [0.05, 0.1) is 12.5 Å². The molecule has 0 spiro atoms. The molecule has 0 fully saturated rings. The monoisotopic (exact) mass is 180 g/mol. The van der Waals surface area contributed by atoms with Crippen molar-refractivity contribution in [3.63, 3.8) is 0 Å². The second kappa shape index (κ2) is 2.42. The molecule has 1 unspecified atom stereocenters. The molecule has 0 saturated heterocycles. The molecule has 68 valence electrons. The Bertz CT molecular complexity index is 356. The Morgan fingerprint density at radius 3 is 2.62 bits per heavy atom. The summed E-state index contributed by atoms with van der Waals surface area (Å²) in [6.45, 7) is 1.72. The van der Waals surface area contributed by atoms with Crippen molar-refractivity contribution < 1.29 is 14.4 Å². The number of carbonyl (C=O) groups excluding carboxylic acids is 3. The molecule has 0 aromatic heterocycles. The summed E-state index contributed by atoms with van der Waals surface area (Å²) in [4.78, 5) is 33.4. The molecule has 5 heteroatoms. The fraction of sp³-hybridized carbons (Fsp3) is 0.375. The summed E-state index contributed by atoms with van der Waals surface area (Å²) >= 11 is 0. The summed E-state index contributed by atoms with van der Waals surface area (Å²) in [5.74, 6) is -1.16. The van der Waals surface area contributed by atoms with Crippen molar-refractivity contribution in [3.05, 3.63) is 11.1 Å². The van der Waals surface area contributed by atoms with Gasteiger partial charge in [-0.2, -0.15) is 0 Å². The molecule has 0 aromatic rings. The third kappa shape index (κ3) is 1.04. The van der Waals surface area contributed by atoms with Gasteiger partial charge in [0.15, 0.2) is 0 Å². The van der Waals surface area contributed by atoms with E-state index in [1.165, 1.54) is 0 Å². The lowest BCUT2D eigenvalue weighted by atomic mass is 9.99. The quantitative estimate of drug-likeness (QED) is 0.462. The van der Waals surface area contributed by atoms with Crippen molar-refractivity contribution >= 4 is 17.7 Å². The molecule has 0 bridgehead atoms. The van der Waals surface area contributed by atoms with E-state index in [2.05, 4.69) is 10.6 Å². The first kappa shape index (κ1) is 7.97. The van der Waals surface area contributed by atoms with Crippen LogP contribution in [-0.4, -0.2) is 23.8 Å². The van der Waals surface area contributed by atoms with Crippen molar-refractivity contribution in [2.45, 2.75) is 19.4 Å². The number of hydrogen-bond donors (Lipinski definition) is 2. The predicted octanol–water partition coefficient (Wildman–Crippen LogP) is -1.15. The van der Waals surface area contributed by atoms with Gasteiger partial charge in [-0.15, -0.1) is 0 Å². The first-order valence-electron chi connectivity index (χ1n) is 3.97.